The molecule has 0 aromatic heterocycles. The molecule has 1 N–H and O–H groups in total. The fourth-order valence-electron chi connectivity index (χ4n) is 3.27. The number of thiocarbonyl (C=S) groups is 1. The smallest absolute Gasteiger partial charge is 0.330 e. The van der Waals surface area contributed by atoms with Crippen LogP contribution in [0.4, 0.5) is 0 Å². The Morgan fingerprint density at radius 2 is 2.07 bits per heavy atom. The van der Waals surface area contributed by atoms with Crippen molar-refractivity contribution in [1.82, 2.24) is 0 Å². The van der Waals surface area contributed by atoms with Crippen LogP contribution >= 0.6 is 24.0 Å². The summed E-state index contributed by atoms with van der Waals surface area (Å²) in [6.45, 7) is 3.92. The SMILES string of the molecule is C=CC(=O)OCCCCC(O)COC1=CC2SC(=S)C(c3ccccc3)=CC2C=C1. The minimum Gasteiger partial charge on any atom is -0.491 e. The monoisotopic (exact) mass is 442 g/mol. The second-order valence-electron chi connectivity index (χ2n) is 7.15. The molecule has 0 spiro atoms. The fraction of sp³-hybridized carbons (Fsp3) is 0.333. The van der Waals surface area contributed by atoms with E-state index in [4.69, 9.17) is 21.7 Å². The maximum absolute atomic E-state index is 11.0. The molecule has 30 heavy (non-hydrogen) atoms. The number of thioether (sulfide) groups is 1. The zero-order chi connectivity index (χ0) is 21.3. The van der Waals surface area contributed by atoms with Crippen LogP contribution in [0, 0.1) is 5.92 Å². The fourth-order valence-corrected chi connectivity index (χ4v) is 4.88. The van der Waals surface area contributed by atoms with E-state index < -0.39 is 12.1 Å². The molecule has 0 saturated heterocycles. The average molecular weight is 443 g/mol. The average Bonchev–Trinajstić information content (AvgIpc) is 2.77. The lowest BCUT2D eigenvalue weighted by Gasteiger charge is -2.29. The van der Waals surface area contributed by atoms with Gasteiger partial charge in [-0.2, -0.15) is 0 Å². The third-order valence-corrected chi connectivity index (χ3v) is 6.55. The minimum absolute atomic E-state index is 0.210. The highest BCUT2D eigenvalue weighted by molar-refractivity contribution is 8.25. The van der Waals surface area contributed by atoms with Crippen molar-refractivity contribution in [3.05, 3.63) is 78.6 Å². The normalized spacial score (nSPS) is 21.2. The molecule has 2 aliphatic rings. The summed E-state index contributed by atoms with van der Waals surface area (Å²) in [4.78, 5) is 11.0. The van der Waals surface area contributed by atoms with Crippen molar-refractivity contribution >= 4 is 39.7 Å². The van der Waals surface area contributed by atoms with Crippen LogP contribution in [0.1, 0.15) is 24.8 Å². The molecule has 1 aromatic carbocycles. The number of aliphatic hydroxyl groups excluding tert-OH is 1. The third-order valence-electron chi connectivity index (χ3n) is 4.88. The van der Waals surface area contributed by atoms with Crippen molar-refractivity contribution < 1.29 is 19.4 Å². The lowest BCUT2D eigenvalue weighted by atomic mass is 9.94. The van der Waals surface area contributed by atoms with Gasteiger partial charge in [-0.15, -0.1) is 11.8 Å². The Morgan fingerprint density at radius 1 is 1.27 bits per heavy atom. The number of aliphatic hydroxyl groups is 1. The maximum atomic E-state index is 11.0. The summed E-state index contributed by atoms with van der Waals surface area (Å²) in [5.74, 6) is 0.619. The van der Waals surface area contributed by atoms with Gasteiger partial charge >= 0.3 is 5.97 Å². The summed E-state index contributed by atoms with van der Waals surface area (Å²) in [7, 11) is 0. The predicted molar refractivity (Wildman–Crippen MR) is 126 cm³/mol. The van der Waals surface area contributed by atoms with Gasteiger partial charge in [-0.3, -0.25) is 0 Å². The Kier molecular flexibility index (Phi) is 8.49. The highest BCUT2D eigenvalue weighted by Gasteiger charge is 2.29. The summed E-state index contributed by atoms with van der Waals surface area (Å²) in [6, 6.07) is 10.2. The van der Waals surface area contributed by atoms with Gasteiger partial charge in [0.05, 0.1) is 16.9 Å². The second-order valence-corrected chi connectivity index (χ2v) is 9.01. The number of hydrogen-bond donors (Lipinski definition) is 1. The van der Waals surface area contributed by atoms with Crippen LogP contribution in [0.3, 0.4) is 0 Å². The molecule has 4 nitrogen and oxygen atoms in total. The van der Waals surface area contributed by atoms with Gasteiger partial charge in [-0.25, -0.2) is 4.79 Å². The summed E-state index contributed by atoms with van der Waals surface area (Å²) in [6.07, 6.45) is 11.1. The van der Waals surface area contributed by atoms with Gasteiger partial charge in [0.2, 0.25) is 0 Å². The van der Waals surface area contributed by atoms with Crippen LogP contribution < -0.4 is 0 Å². The minimum atomic E-state index is -0.559. The van der Waals surface area contributed by atoms with E-state index in [1.807, 2.05) is 24.3 Å². The topological polar surface area (TPSA) is 55.8 Å². The molecule has 158 valence electrons. The second kappa shape index (κ2) is 11.3. The van der Waals surface area contributed by atoms with Gasteiger partial charge in [0.15, 0.2) is 0 Å². The largest absolute Gasteiger partial charge is 0.491 e. The number of esters is 1. The number of hydrogen-bond acceptors (Lipinski definition) is 6. The number of unbranched alkanes of at least 4 members (excludes halogenated alkanes) is 1. The summed E-state index contributed by atoms with van der Waals surface area (Å²) < 4.78 is 11.6. The molecule has 3 atom stereocenters. The number of carbonyl (C=O) groups is 1. The molecule has 0 fully saturated rings. The Bertz CT molecular complexity index is 857. The Balaban J connectivity index is 1.45. The quantitative estimate of drug-likeness (QED) is 0.242. The van der Waals surface area contributed by atoms with Crippen LogP contribution in [0.15, 0.2) is 73.1 Å². The molecule has 6 heteroatoms. The van der Waals surface area contributed by atoms with Gasteiger partial charge in [0.1, 0.15) is 12.4 Å². The summed E-state index contributed by atoms with van der Waals surface area (Å²) >= 11 is 7.32. The van der Waals surface area contributed by atoms with Crippen molar-refractivity contribution in [2.75, 3.05) is 13.2 Å². The van der Waals surface area contributed by atoms with Crippen LogP contribution in [0.2, 0.25) is 0 Å². The van der Waals surface area contributed by atoms with Gasteiger partial charge in [-0.1, -0.05) is 61.3 Å². The zero-order valence-electron chi connectivity index (χ0n) is 16.7. The van der Waals surface area contributed by atoms with Crippen molar-refractivity contribution in [2.45, 2.75) is 30.6 Å². The first-order valence-corrected chi connectivity index (χ1v) is 11.3. The standard InChI is InChI=1S/C24H26O4S2/c1-2-23(26)27-13-7-6-10-19(25)16-28-20-12-11-18-14-21(17-8-4-3-5-9-17)24(29)30-22(18)15-20/h2-5,8-9,11-12,14-15,18-19,22,25H,1,6-7,10,13,16H2. The number of allylic oxidation sites excluding steroid dienone is 3. The number of ether oxygens (including phenoxy) is 2. The van der Waals surface area contributed by atoms with Crippen molar-refractivity contribution in [3.63, 3.8) is 0 Å². The molecule has 0 amide bonds. The van der Waals surface area contributed by atoms with E-state index >= 15 is 0 Å². The molecule has 1 aliphatic heterocycles. The van der Waals surface area contributed by atoms with E-state index in [1.165, 1.54) is 0 Å². The first-order valence-electron chi connectivity index (χ1n) is 10.0. The molecule has 1 aliphatic carbocycles. The zero-order valence-corrected chi connectivity index (χ0v) is 18.4. The maximum Gasteiger partial charge on any atom is 0.330 e. The van der Waals surface area contributed by atoms with Crippen molar-refractivity contribution in [3.8, 4) is 0 Å². The molecule has 0 bridgehead atoms. The Labute approximate surface area is 187 Å². The van der Waals surface area contributed by atoms with Gasteiger partial charge in [-0.05, 0) is 37.0 Å². The van der Waals surface area contributed by atoms with Gasteiger partial charge in [0.25, 0.3) is 0 Å². The van der Waals surface area contributed by atoms with Crippen molar-refractivity contribution in [2.24, 2.45) is 5.92 Å². The highest BCUT2D eigenvalue weighted by atomic mass is 32.2. The van der Waals surface area contributed by atoms with E-state index in [2.05, 4.69) is 36.9 Å². The van der Waals surface area contributed by atoms with E-state index in [1.54, 1.807) is 11.8 Å². The Morgan fingerprint density at radius 3 is 2.83 bits per heavy atom. The number of fused-ring (bicyclic) bond motifs is 1. The number of carbonyl (C=O) groups excluding carboxylic acids is 1. The van der Waals surface area contributed by atoms with Gasteiger partial charge < -0.3 is 14.6 Å². The van der Waals surface area contributed by atoms with E-state index in [9.17, 15) is 9.90 Å². The highest BCUT2D eigenvalue weighted by Crippen LogP contribution is 2.40. The van der Waals surface area contributed by atoms with Crippen LogP contribution in [-0.2, 0) is 14.3 Å². The van der Waals surface area contributed by atoms with Crippen LogP contribution in [0.25, 0.3) is 5.57 Å². The molecule has 3 unspecified atom stereocenters. The number of rotatable bonds is 10. The van der Waals surface area contributed by atoms with E-state index in [0.29, 0.717) is 19.4 Å². The third kappa shape index (κ3) is 6.42. The lowest BCUT2D eigenvalue weighted by molar-refractivity contribution is -0.137. The lowest BCUT2D eigenvalue weighted by Crippen LogP contribution is -2.23. The van der Waals surface area contributed by atoms with E-state index in [-0.39, 0.29) is 17.8 Å². The van der Waals surface area contributed by atoms with Gasteiger partial charge in [0, 0.05) is 22.8 Å². The van der Waals surface area contributed by atoms with Crippen LogP contribution in [-0.4, -0.2) is 39.8 Å². The first-order chi connectivity index (χ1) is 14.6. The van der Waals surface area contributed by atoms with Crippen LogP contribution in [0.5, 0.6) is 0 Å². The molecule has 3 rings (SSSR count). The molecule has 1 aromatic rings. The molecular weight excluding hydrogens is 416 g/mol. The predicted octanol–water partition coefficient (Wildman–Crippen LogP) is 4.86. The number of benzene rings is 1. The molecular formula is C24H26O4S2. The van der Waals surface area contributed by atoms with Crippen molar-refractivity contribution in [1.29, 1.82) is 0 Å². The molecule has 1 heterocycles. The first kappa shape index (κ1) is 22.5. The summed E-state index contributed by atoms with van der Waals surface area (Å²) in [5, 5.41) is 10.3. The van der Waals surface area contributed by atoms with E-state index in [0.717, 1.165) is 33.6 Å². The molecule has 0 radical (unpaired) electrons. The Hall–Kier alpha value is -2.15. The summed E-state index contributed by atoms with van der Waals surface area (Å²) in [5.41, 5.74) is 2.27. The molecule has 0 saturated carbocycles.